The second-order valence-electron chi connectivity index (χ2n) is 2.69. The van der Waals surface area contributed by atoms with E-state index in [0.29, 0.717) is 12.8 Å². The minimum Gasteiger partial charge on any atom is -0.308 e. The maximum Gasteiger partial charge on any atom is 0.432 e. The van der Waals surface area contributed by atoms with E-state index < -0.39 is 13.7 Å². The van der Waals surface area contributed by atoms with E-state index in [4.69, 9.17) is 4.89 Å². The molecule has 0 fully saturated rings. The van der Waals surface area contributed by atoms with Crippen LogP contribution >= 0.6 is 7.75 Å². The van der Waals surface area contributed by atoms with Crippen molar-refractivity contribution < 1.29 is 18.8 Å². The van der Waals surface area contributed by atoms with Crippen LogP contribution in [0, 0.1) is 5.92 Å². The molecule has 1 atom stereocenters. The predicted octanol–water partition coefficient (Wildman–Crippen LogP) is 1.29. The lowest BCUT2D eigenvalue weighted by Gasteiger charge is -2.15. The molecule has 0 aromatic carbocycles. The summed E-state index contributed by atoms with van der Waals surface area (Å²) >= 11 is 0. The van der Waals surface area contributed by atoms with Gasteiger partial charge in [0.05, 0.1) is 0 Å². The first-order valence-electron chi connectivity index (χ1n) is 4.17. The molecule has 0 bridgehead atoms. The highest BCUT2D eigenvalue weighted by Crippen LogP contribution is 2.35. The summed E-state index contributed by atoms with van der Waals surface area (Å²) in [4.78, 5) is 20.2. The summed E-state index contributed by atoms with van der Waals surface area (Å²) in [7, 11) is -2.83. The summed E-state index contributed by atoms with van der Waals surface area (Å²) in [6, 6.07) is 0. The fraction of sp³-hybridized carbons (Fsp3) is 0.857. The molecule has 0 aliphatic heterocycles. The Kier molecular flexibility index (Phi) is 5.21. The zero-order chi connectivity index (χ0) is 10.5. The van der Waals surface area contributed by atoms with Crippen molar-refractivity contribution in [2.75, 3.05) is 7.11 Å². The molecule has 0 saturated carbocycles. The van der Waals surface area contributed by atoms with Gasteiger partial charge in [-0.3, -0.25) is 14.4 Å². The summed E-state index contributed by atoms with van der Waals surface area (Å²) in [6.07, 6.45) is 1.29. The Bertz CT molecular complexity index is 215. The Hall–Kier alpha value is -0.380. The van der Waals surface area contributed by atoms with Crippen molar-refractivity contribution in [3.05, 3.63) is 0 Å². The van der Waals surface area contributed by atoms with Gasteiger partial charge >= 0.3 is 7.75 Å². The first kappa shape index (κ1) is 12.6. The lowest BCUT2D eigenvalue weighted by molar-refractivity contribution is -0.123. The van der Waals surface area contributed by atoms with Crippen LogP contribution in [-0.4, -0.2) is 17.9 Å². The number of rotatable bonds is 5. The number of hydrogen-bond donors (Lipinski definition) is 2. The van der Waals surface area contributed by atoms with Gasteiger partial charge in [0.15, 0.2) is 0 Å². The molecular formula is C7H16NO4P. The van der Waals surface area contributed by atoms with Gasteiger partial charge in [0.1, 0.15) is 0 Å². The Labute approximate surface area is 78.1 Å². The normalized spacial score (nSPS) is 15.5. The number of hydrogen-bond acceptors (Lipinski definition) is 3. The predicted molar refractivity (Wildman–Crippen MR) is 49.0 cm³/mol. The molecule has 1 amide bonds. The number of nitrogens with one attached hydrogen (secondary N) is 1. The smallest absolute Gasteiger partial charge is 0.308 e. The molecule has 5 nitrogen and oxygen atoms in total. The van der Waals surface area contributed by atoms with Crippen LogP contribution in [0.5, 0.6) is 0 Å². The maximum absolute atomic E-state index is 11.3. The highest BCUT2D eigenvalue weighted by molar-refractivity contribution is 7.51. The molecule has 78 valence electrons. The average molecular weight is 209 g/mol. The van der Waals surface area contributed by atoms with Crippen molar-refractivity contribution in [1.29, 1.82) is 0 Å². The van der Waals surface area contributed by atoms with E-state index in [1.165, 1.54) is 0 Å². The Morgan fingerprint density at radius 1 is 1.54 bits per heavy atom. The SMILES string of the molecule is CCC(CC)C(=O)NP(=O)(O)OC. The van der Waals surface area contributed by atoms with E-state index in [1.54, 1.807) is 0 Å². The minimum absolute atomic E-state index is 0.226. The summed E-state index contributed by atoms with van der Waals surface area (Å²) in [5, 5.41) is 1.96. The lowest BCUT2D eigenvalue weighted by Crippen LogP contribution is -2.28. The van der Waals surface area contributed by atoms with Gasteiger partial charge in [-0.1, -0.05) is 13.8 Å². The van der Waals surface area contributed by atoms with Gasteiger partial charge in [-0.05, 0) is 12.8 Å². The van der Waals surface area contributed by atoms with Crippen LogP contribution in [-0.2, 0) is 13.9 Å². The van der Waals surface area contributed by atoms with Crippen LogP contribution in [0.25, 0.3) is 0 Å². The van der Waals surface area contributed by atoms with Crippen molar-refractivity contribution in [3.63, 3.8) is 0 Å². The largest absolute Gasteiger partial charge is 0.432 e. The molecule has 0 aromatic heterocycles. The molecule has 6 heteroatoms. The van der Waals surface area contributed by atoms with Gasteiger partial charge in [0.2, 0.25) is 5.91 Å². The highest BCUT2D eigenvalue weighted by Gasteiger charge is 2.24. The van der Waals surface area contributed by atoms with E-state index in [9.17, 15) is 9.36 Å². The minimum atomic E-state index is -3.91. The topological polar surface area (TPSA) is 75.6 Å². The van der Waals surface area contributed by atoms with Crippen LogP contribution in [0.3, 0.4) is 0 Å². The first-order valence-corrected chi connectivity index (χ1v) is 5.75. The second-order valence-corrected chi connectivity index (χ2v) is 4.32. The van der Waals surface area contributed by atoms with E-state index in [-0.39, 0.29) is 5.92 Å². The van der Waals surface area contributed by atoms with E-state index in [2.05, 4.69) is 4.52 Å². The summed E-state index contributed by atoms with van der Waals surface area (Å²) in [6.45, 7) is 3.70. The van der Waals surface area contributed by atoms with Crippen molar-refractivity contribution in [2.24, 2.45) is 5.92 Å². The third kappa shape index (κ3) is 4.41. The summed E-state index contributed by atoms with van der Waals surface area (Å²) in [5.41, 5.74) is 0. The number of carbonyl (C=O) groups excluding carboxylic acids is 1. The molecule has 1 unspecified atom stereocenters. The molecule has 0 aliphatic rings. The van der Waals surface area contributed by atoms with Crippen molar-refractivity contribution in [1.82, 2.24) is 5.09 Å². The molecule has 0 aliphatic carbocycles. The molecule has 0 radical (unpaired) electrons. The van der Waals surface area contributed by atoms with Gasteiger partial charge in [-0.15, -0.1) is 0 Å². The van der Waals surface area contributed by atoms with Gasteiger partial charge in [0, 0.05) is 13.0 Å². The van der Waals surface area contributed by atoms with Crippen molar-refractivity contribution in [3.8, 4) is 0 Å². The first-order chi connectivity index (χ1) is 5.96. The fourth-order valence-electron chi connectivity index (χ4n) is 0.936. The van der Waals surface area contributed by atoms with Gasteiger partial charge in [-0.25, -0.2) is 4.57 Å². The van der Waals surface area contributed by atoms with E-state index >= 15 is 0 Å². The molecular weight excluding hydrogens is 193 g/mol. The van der Waals surface area contributed by atoms with Crippen LogP contribution in [0.15, 0.2) is 0 Å². The van der Waals surface area contributed by atoms with E-state index in [1.807, 2.05) is 18.9 Å². The number of amides is 1. The molecule has 2 N–H and O–H groups in total. The fourth-order valence-corrected chi connectivity index (χ4v) is 1.49. The number of carbonyl (C=O) groups is 1. The Morgan fingerprint density at radius 3 is 2.31 bits per heavy atom. The quantitative estimate of drug-likeness (QED) is 0.669. The molecule has 0 aromatic rings. The van der Waals surface area contributed by atoms with E-state index in [0.717, 1.165) is 7.11 Å². The zero-order valence-corrected chi connectivity index (χ0v) is 9.01. The third-order valence-corrected chi connectivity index (χ3v) is 2.85. The molecule has 0 rings (SSSR count). The summed E-state index contributed by atoms with van der Waals surface area (Å²) in [5.74, 6) is -0.659. The highest BCUT2D eigenvalue weighted by atomic mass is 31.2. The zero-order valence-electron chi connectivity index (χ0n) is 8.11. The Morgan fingerprint density at radius 2 is 2.00 bits per heavy atom. The van der Waals surface area contributed by atoms with Crippen molar-refractivity contribution >= 4 is 13.7 Å². The van der Waals surface area contributed by atoms with Crippen LogP contribution < -0.4 is 5.09 Å². The van der Waals surface area contributed by atoms with Gasteiger partial charge < -0.3 is 4.89 Å². The standard InChI is InChI=1S/C7H16NO4P/c1-4-6(5-2)7(9)8-13(10,11)12-3/h6H,4-5H2,1-3H3,(H2,8,9,10,11). The Balaban J connectivity index is 4.21. The molecule has 0 spiro atoms. The lowest BCUT2D eigenvalue weighted by atomic mass is 10.0. The second kappa shape index (κ2) is 5.37. The maximum atomic E-state index is 11.3. The van der Waals surface area contributed by atoms with Crippen LogP contribution in [0.2, 0.25) is 0 Å². The molecule has 0 saturated heterocycles. The summed E-state index contributed by atoms with van der Waals surface area (Å²) < 4.78 is 15.2. The average Bonchev–Trinajstić information content (AvgIpc) is 2.06. The van der Waals surface area contributed by atoms with Crippen LogP contribution in [0.1, 0.15) is 26.7 Å². The third-order valence-electron chi connectivity index (χ3n) is 1.86. The van der Waals surface area contributed by atoms with Crippen LogP contribution in [0.4, 0.5) is 0 Å². The van der Waals surface area contributed by atoms with Crippen molar-refractivity contribution in [2.45, 2.75) is 26.7 Å². The van der Waals surface area contributed by atoms with Gasteiger partial charge in [0.25, 0.3) is 0 Å². The molecule has 13 heavy (non-hydrogen) atoms. The van der Waals surface area contributed by atoms with Gasteiger partial charge in [-0.2, -0.15) is 0 Å². The monoisotopic (exact) mass is 209 g/mol. The molecule has 0 heterocycles.